The van der Waals surface area contributed by atoms with Crippen molar-refractivity contribution in [3.05, 3.63) is 29.8 Å². The smallest absolute Gasteiger partial charge is 0.257 e. The zero-order valence-corrected chi connectivity index (χ0v) is 11.6. The lowest BCUT2D eigenvalue weighted by Crippen LogP contribution is -2.30. The number of carbonyl (C=O) groups is 1. The molecule has 110 valence electrons. The van der Waals surface area contributed by atoms with Gasteiger partial charge in [-0.05, 0) is 18.6 Å². The zero-order chi connectivity index (χ0) is 14.5. The molecule has 1 aliphatic heterocycles. The number of likely N-dealkylation sites (tertiary alicyclic amines) is 1. The van der Waals surface area contributed by atoms with Crippen LogP contribution in [0.3, 0.4) is 0 Å². The topological polar surface area (TPSA) is 49.8 Å². The van der Waals surface area contributed by atoms with E-state index in [0.717, 1.165) is 12.8 Å². The van der Waals surface area contributed by atoms with Crippen LogP contribution < -0.4 is 4.74 Å². The average Bonchev–Trinajstić information content (AvgIpc) is 2.79. The number of alkyl halides is 1. The normalized spacial score (nSPS) is 22.1. The number of nitrogens with zero attached hydrogens (tertiary/aromatic N) is 1. The van der Waals surface area contributed by atoms with Crippen molar-refractivity contribution in [1.29, 1.82) is 0 Å². The number of carbonyl (C=O) groups excluding carboxylic acids is 1. The highest BCUT2D eigenvalue weighted by Crippen LogP contribution is 2.23. The number of aliphatic hydroxyl groups is 1. The summed E-state index contributed by atoms with van der Waals surface area (Å²) in [6.45, 7) is 2.58. The molecule has 2 rings (SSSR count). The Kier molecular flexibility index (Phi) is 4.95. The van der Waals surface area contributed by atoms with E-state index >= 15 is 0 Å². The second-order valence-corrected chi connectivity index (χ2v) is 4.99. The summed E-state index contributed by atoms with van der Waals surface area (Å²) < 4.78 is 18.9. The standard InChI is InChI=1S/C15H20FNO3/c1-2-3-8-20-14-7-5-4-6-11(14)15(19)17-9-12(16)13(18)10-17/h4-7,12-13,18H,2-3,8-10H2,1H3/t12-,13-/m1/s1. The van der Waals surface area contributed by atoms with Crippen molar-refractivity contribution in [2.24, 2.45) is 0 Å². The number of β-amino-alcohol motifs (C(OH)–C–C–N with tert-alkyl or cyclic N) is 1. The lowest BCUT2D eigenvalue weighted by Gasteiger charge is -2.17. The molecule has 2 atom stereocenters. The number of unbranched alkanes of at least 4 members (excludes halogenated alkanes) is 1. The summed E-state index contributed by atoms with van der Waals surface area (Å²) in [5, 5.41) is 9.41. The van der Waals surface area contributed by atoms with Crippen LogP contribution in [0.5, 0.6) is 5.75 Å². The maximum atomic E-state index is 13.3. The SMILES string of the molecule is CCCCOc1ccccc1C(=O)N1C[C@@H](O)[C@H](F)C1. The third-order valence-corrected chi connectivity index (χ3v) is 3.38. The van der Waals surface area contributed by atoms with Gasteiger partial charge in [0.25, 0.3) is 5.91 Å². The van der Waals surface area contributed by atoms with Crippen molar-refractivity contribution in [1.82, 2.24) is 4.90 Å². The highest BCUT2D eigenvalue weighted by atomic mass is 19.1. The number of ether oxygens (including phenoxy) is 1. The van der Waals surface area contributed by atoms with Gasteiger partial charge in [-0.1, -0.05) is 25.5 Å². The maximum Gasteiger partial charge on any atom is 0.257 e. The quantitative estimate of drug-likeness (QED) is 0.840. The minimum Gasteiger partial charge on any atom is -0.493 e. The Labute approximate surface area is 118 Å². The van der Waals surface area contributed by atoms with Gasteiger partial charge in [-0.15, -0.1) is 0 Å². The van der Waals surface area contributed by atoms with Gasteiger partial charge in [0.05, 0.1) is 18.7 Å². The molecular weight excluding hydrogens is 261 g/mol. The summed E-state index contributed by atoms with van der Waals surface area (Å²) in [4.78, 5) is 13.7. The molecule has 1 aromatic rings. The van der Waals surface area contributed by atoms with Gasteiger partial charge in [-0.25, -0.2) is 4.39 Å². The summed E-state index contributed by atoms with van der Waals surface area (Å²) in [5.74, 6) is 0.221. The molecule has 0 aromatic heterocycles. The minimum atomic E-state index is -1.37. The number of hydrogen-bond acceptors (Lipinski definition) is 3. The van der Waals surface area contributed by atoms with Crippen molar-refractivity contribution in [2.75, 3.05) is 19.7 Å². The van der Waals surface area contributed by atoms with E-state index in [9.17, 15) is 14.3 Å². The molecule has 1 heterocycles. The largest absolute Gasteiger partial charge is 0.493 e. The lowest BCUT2D eigenvalue weighted by atomic mass is 10.1. The highest BCUT2D eigenvalue weighted by Gasteiger charge is 2.35. The Morgan fingerprint density at radius 3 is 2.85 bits per heavy atom. The van der Waals surface area contributed by atoms with Gasteiger partial charge in [-0.2, -0.15) is 0 Å². The van der Waals surface area contributed by atoms with E-state index in [2.05, 4.69) is 6.92 Å². The monoisotopic (exact) mass is 281 g/mol. The van der Waals surface area contributed by atoms with E-state index in [-0.39, 0.29) is 19.0 Å². The second-order valence-electron chi connectivity index (χ2n) is 4.99. The maximum absolute atomic E-state index is 13.3. The number of halogens is 1. The first kappa shape index (κ1) is 14.8. The van der Waals surface area contributed by atoms with E-state index < -0.39 is 12.3 Å². The van der Waals surface area contributed by atoms with Crippen molar-refractivity contribution in [3.63, 3.8) is 0 Å². The lowest BCUT2D eigenvalue weighted by molar-refractivity contribution is 0.0760. The molecule has 0 bridgehead atoms. The van der Waals surface area contributed by atoms with E-state index in [4.69, 9.17) is 4.74 Å². The van der Waals surface area contributed by atoms with Gasteiger partial charge in [0.1, 0.15) is 18.0 Å². The van der Waals surface area contributed by atoms with Gasteiger partial charge < -0.3 is 14.7 Å². The van der Waals surface area contributed by atoms with E-state index in [0.29, 0.717) is 17.9 Å². The molecule has 1 fully saturated rings. The summed E-state index contributed by atoms with van der Waals surface area (Å²) >= 11 is 0. The van der Waals surface area contributed by atoms with Gasteiger partial charge in [0.15, 0.2) is 0 Å². The Balaban J connectivity index is 2.09. The molecule has 0 aliphatic carbocycles. The molecule has 0 spiro atoms. The zero-order valence-electron chi connectivity index (χ0n) is 11.6. The van der Waals surface area contributed by atoms with Crippen LogP contribution in [-0.2, 0) is 0 Å². The third-order valence-electron chi connectivity index (χ3n) is 3.38. The van der Waals surface area contributed by atoms with E-state index in [1.807, 2.05) is 0 Å². The highest BCUT2D eigenvalue weighted by molar-refractivity contribution is 5.97. The van der Waals surface area contributed by atoms with Crippen LogP contribution in [0.25, 0.3) is 0 Å². The van der Waals surface area contributed by atoms with Gasteiger partial charge in [0, 0.05) is 6.54 Å². The van der Waals surface area contributed by atoms with Gasteiger partial charge >= 0.3 is 0 Å². The van der Waals surface area contributed by atoms with Gasteiger partial charge in [0.2, 0.25) is 0 Å². The van der Waals surface area contributed by atoms with Crippen LogP contribution in [0, 0.1) is 0 Å². The van der Waals surface area contributed by atoms with Crippen LogP contribution in [0.1, 0.15) is 30.1 Å². The number of hydrogen-bond donors (Lipinski definition) is 1. The molecular formula is C15H20FNO3. The molecule has 4 nitrogen and oxygen atoms in total. The molecule has 1 amide bonds. The Morgan fingerprint density at radius 1 is 1.45 bits per heavy atom. The Hall–Kier alpha value is -1.62. The van der Waals surface area contributed by atoms with Crippen LogP contribution >= 0.6 is 0 Å². The van der Waals surface area contributed by atoms with Crippen molar-refractivity contribution >= 4 is 5.91 Å². The molecule has 1 N–H and O–H groups in total. The molecule has 1 aromatic carbocycles. The fourth-order valence-electron chi connectivity index (χ4n) is 2.18. The first-order chi connectivity index (χ1) is 9.63. The molecule has 0 saturated carbocycles. The van der Waals surface area contributed by atoms with Gasteiger partial charge in [-0.3, -0.25) is 4.79 Å². The Morgan fingerprint density at radius 2 is 2.20 bits per heavy atom. The molecule has 1 aliphatic rings. The van der Waals surface area contributed by atoms with E-state index in [1.165, 1.54) is 4.90 Å². The number of aliphatic hydroxyl groups excluding tert-OH is 1. The first-order valence-electron chi connectivity index (χ1n) is 6.96. The second kappa shape index (κ2) is 6.70. The van der Waals surface area contributed by atoms with Crippen LogP contribution in [-0.4, -0.2) is 47.9 Å². The number of amides is 1. The summed E-state index contributed by atoms with van der Waals surface area (Å²) in [6, 6.07) is 6.96. The average molecular weight is 281 g/mol. The first-order valence-corrected chi connectivity index (χ1v) is 6.96. The van der Waals surface area contributed by atoms with Crippen molar-refractivity contribution in [3.8, 4) is 5.75 Å². The van der Waals surface area contributed by atoms with Crippen LogP contribution in [0.15, 0.2) is 24.3 Å². The van der Waals surface area contributed by atoms with Crippen LogP contribution in [0.4, 0.5) is 4.39 Å². The fraction of sp³-hybridized carbons (Fsp3) is 0.533. The number of rotatable bonds is 5. The third kappa shape index (κ3) is 3.28. The van der Waals surface area contributed by atoms with E-state index in [1.54, 1.807) is 24.3 Å². The molecule has 0 radical (unpaired) electrons. The minimum absolute atomic E-state index is 0.0310. The predicted molar refractivity (Wildman–Crippen MR) is 73.7 cm³/mol. The van der Waals surface area contributed by atoms with Crippen molar-refractivity contribution < 1.29 is 19.0 Å². The van der Waals surface area contributed by atoms with Crippen molar-refractivity contribution in [2.45, 2.75) is 32.0 Å². The predicted octanol–water partition coefficient (Wildman–Crippen LogP) is 2.02. The number of para-hydroxylation sites is 1. The summed E-state index contributed by atoms with van der Waals surface area (Å²) in [7, 11) is 0. The Bertz CT molecular complexity index is 456. The summed E-state index contributed by atoms with van der Waals surface area (Å²) in [6.07, 6.45) is -0.533. The fourth-order valence-corrected chi connectivity index (χ4v) is 2.18. The van der Waals surface area contributed by atoms with Crippen LogP contribution in [0.2, 0.25) is 0 Å². The number of benzene rings is 1. The molecule has 5 heteroatoms. The molecule has 1 saturated heterocycles. The molecule has 0 unspecified atom stereocenters. The summed E-state index contributed by atoms with van der Waals surface area (Å²) in [5.41, 5.74) is 0.421. The molecule has 20 heavy (non-hydrogen) atoms.